The standard InChI is InChI=1S/C18H22ClN/c1-3-20-18(16-9-6-10-17(19)13-16)12-11-15-8-5-4-7-14(15)2/h4-10,13,18,20H,3,11-12H2,1-2H3. The van der Waals surface area contributed by atoms with Crippen molar-refractivity contribution in [3.63, 3.8) is 0 Å². The summed E-state index contributed by atoms with van der Waals surface area (Å²) in [6, 6.07) is 17.1. The van der Waals surface area contributed by atoms with Gasteiger partial charge in [0.15, 0.2) is 0 Å². The summed E-state index contributed by atoms with van der Waals surface area (Å²) in [6.07, 6.45) is 2.16. The van der Waals surface area contributed by atoms with Gasteiger partial charge in [-0.2, -0.15) is 0 Å². The second kappa shape index (κ2) is 7.47. The largest absolute Gasteiger partial charge is 0.310 e. The van der Waals surface area contributed by atoms with E-state index in [1.54, 1.807) is 0 Å². The molecule has 2 aromatic rings. The molecule has 106 valence electrons. The van der Waals surface area contributed by atoms with E-state index in [1.165, 1.54) is 16.7 Å². The van der Waals surface area contributed by atoms with E-state index < -0.39 is 0 Å². The van der Waals surface area contributed by atoms with Crippen molar-refractivity contribution in [2.24, 2.45) is 0 Å². The lowest BCUT2D eigenvalue weighted by Crippen LogP contribution is -2.21. The Morgan fingerprint density at radius 3 is 2.60 bits per heavy atom. The van der Waals surface area contributed by atoms with Crippen molar-refractivity contribution in [2.45, 2.75) is 32.7 Å². The van der Waals surface area contributed by atoms with Gasteiger partial charge in [-0.1, -0.05) is 54.9 Å². The first-order valence-electron chi connectivity index (χ1n) is 7.24. The summed E-state index contributed by atoms with van der Waals surface area (Å²) in [5.74, 6) is 0. The molecule has 2 aromatic carbocycles. The van der Waals surface area contributed by atoms with Crippen LogP contribution >= 0.6 is 11.6 Å². The topological polar surface area (TPSA) is 12.0 Å². The zero-order valence-corrected chi connectivity index (χ0v) is 13.0. The lowest BCUT2D eigenvalue weighted by molar-refractivity contribution is 0.515. The van der Waals surface area contributed by atoms with Crippen LogP contribution in [0.4, 0.5) is 0 Å². The van der Waals surface area contributed by atoms with Crippen LogP contribution in [0.1, 0.15) is 36.1 Å². The molecular formula is C18H22ClN. The first-order valence-corrected chi connectivity index (χ1v) is 7.62. The number of rotatable bonds is 6. The fourth-order valence-corrected chi connectivity index (χ4v) is 2.75. The molecule has 0 saturated carbocycles. The first-order chi connectivity index (χ1) is 9.70. The van der Waals surface area contributed by atoms with Gasteiger partial charge in [0.25, 0.3) is 0 Å². The molecule has 20 heavy (non-hydrogen) atoms. The molecule has 0 fully saturated rings. The van der Waals surface area contributed by atoms with E-state index in [2.05, 4.69) is 55.6 Å². The van der Waals surface area contributed by atoms with Crippen LogP contribution in [0.25, 0.3) is 0 Å². The zero-order chi connectivity index (χ0) is 14.4. The lowest BCUT2D eigenvalue weighted by Gasteiger charge is -2.19. The third-order valence-corrected chi connectivity index (χ3v) is 3.90. The maximum absolute atomic E-state index is 6.10. The van der Waals surface area contributed by atoms with Gasteiger partial charge in [-0.25, -0.2) is 0 Å². The smallest absolute Gasteiger partial charge is 0.0409 e. The highest BCUT2D eigenvalue weighted by molar-refractivity contribution is 6.30. The van der Waals surface area contributed by atoms with Crippen molar-refractivity contribution in [3.05, 3.63) is 70.2 Å². The number of benzene rings is 2. The summed E-state index contributed by atoms with van der Waals surface area (Å²) < 4.78 is 0. The molecule has 0 saturated heterocycles. The summed E-state index contributed by atoms with van der Waals surface area (Å²) in [6.45, 7) is 5.28. The maximum Gasteiger partial charge on any atom is 0.0409 e. The highest BCUT2D eigenvalue weighted by Crippen LogP contribution is 2.23. The van der Waals surface area contributed by atoms with Crippen LogP contribution in [0.2, 0.25) is 5.02 Å². The molecule has 1 N–H and O–H groups in total. The van der Waals surface area contributed by atoms with Crippen LogP contribution in [0, 0.1) is 6.92 Å². The fourth-order valence-electron chi connectivity index (χ4n) is 2.55. The number of hydrogen-bond acceptors (Lipinski definition) is 1. The van der Waals surface area contributed by atoms with E-state index in [-0.39, 0.29) is 0 Å². The van der Waals surface area contributed by atoms with Gasteiger partial charge < -0.3 is 5.32 Å². The molecule has 0 bridgehead atoms. The average Bonchev–Trinajstić information content (AvgIpc) is 2.45. The lowest BCUT2D eigenvalue weighted by atomic mass is 9.97. The quantitative estimate of drug-likeness (QED) is 0.794. The Labute approximate surface area is 127 Å². The minimum Gasteiger partial charge on any atom is -0.310 e. The van der Waals surface area contributed by atoms with E-state index in [1.807, 2.05) is 12.1 Å². The number of halogens is 1. The number of nitrogens with one attached hydrogen (secondary N) is 1. The van der Waals surface area contributed by atoms with Crippen molar-refractivity contribution in [1.29, 1.82) is 0 Å². The SMILES string of the molecule is CCNC(CCc1ccccc1C)c1cccc(Cl)c1. The van der Waals surface area contributed by atoms with Gasteiger partial charge in [0.1, 0.15) is 0 Å². The summed E-state index contributed by atoms with van der Waals surface area (Å²) in [4.78, 5) is 0. The van der Waals surface area contributed by atoms with Crippen LogP contribution in [0.5, 0.6) is 0 Å². The summed E-state index contributed by atoms with van der Waals surface area (Å²) in [5.41, 5.74) is 4.07. The van der Waals surface area contributed by atoms with Gasteiger partial charge in [0.05, 0.1) is 0 Å². The molecule has 0 radical (unpaired) electrons. The van der Waals surface area contributed by atoms with Crippen LogP contribution in [-0.4, -0.2) is 6.54 Å². The van der Waals surface area contributed by atoms with E-state index >= 15 is 0 Å². The highest BCUT2D eigenvalue weighted by atomic mass is 35.5. The predicted octanol–water partition coefficient (Wildman–Crippen LogP) is 4.93. The molecule has 2 rings (SSSR count). The van der Waals surface area contributed by atoms with Crippen molar-refractivity contribution in [1.82, 2.24) is 5.32 Å². The van der Waals surface area contributed by atoms with E-state index in [0.29, 0.717) is 6.04 Å². The molecule has 1 unspecified atom stereocenters. The van der Waals surface area contributed by atoms with Crippen LogP contribution in [0.3, 0.4) is 0 Å². The van der Waals surface area contributed by atoms with Crippen molar-refractivity contribution < 1.29 is 0 Å². The molecular weight excluding hydrogens is 266 g/mol. The molecule has 1 atom stereocenters. The molecule has 0 spiro atoms. The molecule has 1 nitrogen and oxygen atoms in total. The Balaban J connectivity index is 2.08. The molecule has 0 aliphatic rings. The Bertz CT molecular complexity index is 551. The molecule has 0 heterocycles. The molecule has 0 aromatic heterocycles. The summed E-state index contributed by atoms with van der Waals surface area (Å²) in [5, 5.41) is 4.36. The van der Waals surface area contributed by atoms with E-state index in [9.17, 15) is 0 Å². The van der Waals surface area contributed by atoms with Crippen molar-refractivity contribution in [3.8, 4) is 0 Å². The van der Waals surface area contributed by atoms with Crippen molar-refractivity contribution in [2.75, 3.05) is 6.54 Å². The Morgan fingerprint density at radius 1 is 1.10 bits per heavy atom. The van der Waals surface area contributed by atoms with Gasteiger partial charge in [-0.3, -0.25) is 0 Å². The Morgan fingerprint density at radius 2 is 1.90 bits per heavy atom. The second-order valence-corrected chi connectivity index (χ2v) is 5.57. The zero-order valence-electron chi connectivity index (χ0n) is 12.2. The molecule has 0 aliphatic carbocycles. The first kappa shape index (κ1) is 15.1. The highest BCUT2D eigenvalue weighted by Gasteiger charge is 2.11. The summed E-state index contributed by atoms with van der Waals surface area (Å²) >= 11 is 6.10. The minimum atomic E-state index is 0.360. The van der Waals surface area contributed by atoms with Gasteiger partial charge in [0, 0.05) is 11.1 Å². The third-order valence-electron chi connectivity index (χ3n) is 3.67. The van der Waals surface area contributed by atoms with Gasteiger partial charge >= 0.3 is 0 Å². The minimum absolute atomic E-state index is 0.360. The van der Waals surface area contributed by atoms with E-state index in [0.717, 1.165) is 24.4 Å². The molecule has 0 aliphatic heterocycles. The monoisotopic (exact) mass is 287 g/mol. The molecule has 0 amide bonds. The molecule has 2 heteroatoms. The van der Waals surface area contributed by atoms with E-state index in [4.69, 9.17) is 11.6 Å². The second-order valence-electron chi connectivity index (χ2n) is 5.13. The fraction of sp³-hybridized carbons (Fsp3) is 0.333. The van der Waals surface area contributed by atoms with Gasteiger partial charge in [0.2, 0.25) is 0 Å². The van der Waals surface area contributed by atoms with Gasteiger partial charge in [-0.05, 0) is 55.1 Å². The third kappa shape index (κ3) is 4.09. The van der Waals surface area contributed by atoms with Crippen LogP contribution in [-0.2, 0) is 6.42 Å². The normalized spacial score (nSPS) is 12.3. The number of hydrogen-bond donors (Lipinski definition) is 1. The van der Waals surface area contributed by atoms with Crippen LogP contribution < -0.4 is 5.32 Å². The predicted molar refractivity (Wildman–Crippen MR) is 87.4 cm³/mol. The summed E-state index contributed by atoms with van der Waals surface area (Å²) in [7, 11) is 0. The average molecular weight is 288 g/mol. The van der Waals surface area contributed by atoms with Crippen LogP contribution in [0.15, 0.2) is 48.5 Å². The van der Waals surface area contributed by atoms with Crippen molar-refractivity contribution >= 4 is 11.6 Å². The van der Waals surface area contributed by atoms with Gasteiger partial charge in [-0.15, -0.1) is 0 Å². The maximum atomic E-state index is 6.10. The number of aryl methyl sites for hydroxylation is 2. The Kier molecular flexibility index (Phi) is 5.63. The Hall–Kier alpha value is -1.31.